The first-order valence-corrected chi connectivity index (χ1v) is 12.4. The summed E-state index contributed by atoms with van der Waals surface area (Å²) in [5.41, 5.74) is 6.29. The molecule has 30 heavy (non-hydrogen) atoms. The minimum atomic E-state index is -3.79. The fourth-order valence-electron chi connectivity index (χ4n) is 2.53. The van der Waals surface area contributed by atoms with Crippen LogP contribution >= 0.6 is 23.1 Å². The molecule has 162 valence electrons. The second-order valence-corrected chi connectivity index (χ2v) is 10.3. The molecule has 0 fully saturated rings. The van der Waals surface area contributed by atoms with E-state index in [1.807, 2.05) is 18.5 Å². The van der Waals surface area contributed by atoms with Gasteiger partial charge in [-0.2, -0.15) is 0 Å². The monoisotopic (exact) mass is 469 g/mol. The van der Waals surface area contributed by atoms with Crippen LogP contribution in [-0.2, 0) is 30.0 Å². The summed E-state index contributed by atoms with van der Waals surface area (Å²) >= 11 is 2.82. The van der Waals surface area contributed by atoms with Crippen LogP contribution < -0.4 is 15.8 Å². The molecule has 3 rings (SSSR count). The molecule has 3 aromatic heterocycles. The van der Waals surface area contributed by atoms with Crippen LogP contribution in [0.3, 0.4) is 0 Å². The summed E-state index contributed by atoms with van der Waals surface area (Å²) in [6.45, 7) is 4.29. The molecule has 0 aliphatic carbocycles. The van der Waals surface area contributed by atoms with Gasteiger partial charge in [-0.05, 0) is 24.3 Å². The summed E-state index contributed by atoms with van der Waals surface area (Å²) in [4.78, 5) is 4.35. The number of aryl methyl sites for hydroxylation is 1. The molecular formula is C16H23N9O2S3. The number of nitrogen functional groups attached to an aromatic ring is 1. The van der Waals surface area contributed by atoms with E-state index >= 15 is 0 Å². The zero-order valence-corrected chi connectivity index (χ0v) is 19.2. The summed E-state index contributed by atoms with van der Waals surface area (Å²) in [6.07, 6.45) is 2.01. The van der Waals surface area contributed by atoms with Crippen molar-refractivity contribution in [2.75, 3.05) is 23.3 Å². The lowest BCUT2D eigenvalue weighted by atomic mass is 10.3. The van der Waals surface area contributed by atoms with E-state index < -0.39 is 10.0 Å². The fourth-order valence-corrected chi connectivity index (χ4v) is 5.05. The van der Waals surface area contributed by atoms with E-state index in [0.717, 1.165) is 16.5 Å². The van der Waals surface area contributed by atoms with Crippen LogP contribution in [0, 0.1) is 6.92 Å². The van der Waals surface area contributed by atoms with E-state index in [-0.39, 0.29) is 23.8 Å². The van der Waals surface area contributed by atoms with Crippen molar-refractivity contribution in [1.82, 2.24) is 34.7 Å². The zero-order chi connectivity index (χ0) is 21.7. The third kappa shape index (κ3) is 5.44. The molecule has 0 unspecified atom stereocenters. The van der Waals surface area contributed by atoms with Gasteiger partial charge < -0.3 is 15.6 Å². The number of rotatable bonds is 10. The van der Waals surface area contributed by atoms with Gasteiger partial charge in [0.05, 0.1) is 6.54 Å². The van der Waals surface area contributed by atoms with E-state index in [9.17, 15) is 8.42 Å². The molecule has 0 atom stereocenters. The van der Waals surface area contributed by atoms with E-state index in [1.165, 1.54) is 11.3 Å². The topological polar surface area (TPSA) is 154 Å². The molecule has 4 N–H and O–H groups in total. The van der Waals surface area contributed by atoms with Crippen molar-refractivity contribution in [2.45, 2.75) is 36.9 Å². The number of sulfonamides is 1. The molecule has 0 bridgehead atoms. The quantitative estimate of drug-likeness (QED) is 0.369. The number of nitrogens with two attached hydrogens (primary N) is 1. The number of aromatic nitrogens is 6. The Morgan fingerprint density at radius 3 is 2.77 bits per heavy atom. The van der Waals surface area contributed by atoms with E-state index in [4.69, 9.17) is 5.73 Å². The van der Waals surface area contributed by atoms with Gasteiger partial charge in [0.2, 0.25) is 15.2 Å². The molecule has 0 amide bonds. The van der Waals surface area contributed by atoms with Crippen LogP contribution in [0.15, 0.2) is 22.3 Å². The number of hydrogen-bond acceptors (Lipinski definition) is 11. The molecule has 3 aromatic rings. The van der Waals surface area contributed by atoms with Gasteiger partial charge in [-0.25, -0.2) is 18.1 Å². The Labute approximate surface area is 183 Å². The molecule has 0 saturated carbocycles. The van der Waals surface area contributed by atoms with E-state index in [1.54, 1.807) is 30.9 Å². The highest BCUT2D eigenvalue weighted by Crippen LogP contribution is 2.21. The number of thioether (sulfide) groups is 1. The molecule has 11 nitrogen and oxygen atoms in total. The Bertz CT molecular complexity index is 1110. The third-order valence-electron chi connectivity index (χ3n) is 4.00. The number of pyridine rings is 1. The maximum Gasteiger partial charge on any atom is 0.244 e. The predicted molar refractivity (Wildman–Crippen MR) is 117 cm³/mol. The van der Waals surface area contributed by atoms with Gasteiger partial charge in [0.1, 0.15) is 15.7 Å². The van der Waals surface area contributed by atoms with Crippen molar-refractivity contribution in [1.29, 1.82) is 0 Å². The van der Waals surface area contributed by atoms with Crippen molar-refractivity contribution in [3.63, 3.8) is 0 Å². The van der Waals surface area contributed by atoms with Gasteiger partial charge in [0.15, 0.2) is 11.0 Å². The first kappa shape index (κ1) is 22.4. The van der Waals surface area contributed by atoms with Crippen LogP contribution in [0.2, 0.25) is 0 Å². The molecule has 0 aliphatic heterocycles. The normalized spacial score (nSPS) is 11.7. The standard InChI is InChI=1S/C16H23N9O2S3/c1-4-28-16-24-21-12(25(16)3)9-19-14-11(7-10(2)8-18-14)30(26,27)20-6-5-13-22-23-15(17)29-13/h7-8,20H,4-6,9H2,1-3H3,(H2,17,23)(H,18,19). The lowest BCUT2D eigenvalue weighted by Crippen LogP contribution is -2.27. The number of hydrogen-bond donors (Lipinski definition) is 3. The molecule has 14 heteroatoms. The molecule has 0 spiro atoms. The van der Waals surface area contributed by atoms with Crippen molar-refractivity contribution in [2.24, 2.45) is 7.05 Å². The maximum atomic E-state index is 12.9. The van der Waals surface area contributed by atoms with Crippen molar-refractivity contribution in [3.05, 3.63) is 28.7 Å². The van der Waals surface area contributed by atoms with Crippen LogP contribution in [0.25, 0.3) is 0 Å². The number of nitrogens with one attached hydrogen (secondary N) is 2. The second-order valence-electron chi connectivity index (χ2n) is 6.29. The smallest absolute Gasteiger partial charge is 0.244 e. The number of nitrogens with zero attached hydrogens (tertiary/aromatic N) is 6. The minimum Gasteiger partial charge on any atom is -0.374 e. The Hall–Kier alpha value is -2.29. The molecule has 3 heterocycles. The van der Waals surface area contributed by atoms with Crippen LogP contribution in [0.1, 0.15) is 23.3 Å². The molecule has 0 radical (unpaired) electrons. The van der Waals surface area contributed by atoms with Gasteiger partial charge in [0, 0.05) is 26.2 Å². The van der Waals surface area contributed by atoms with Crippen molar-refractivity contribution >= 4 is 44.1 Å². The summed E-state index contributed by atoms with van der Waals surface area (Å²) in [7, 11) is -1.92. The highest BCUT2D eigenvalue weighted by atomic mass is 32.2. The summed E-state index contributed by atoms with van der Waals surface area (Å²) in [5.74, 6) is 1.82. The second kappa shape index (κ2) is 9.68. The molecule has 0 saturated heterocycles. The summed E-state index contributed by atoms with van der Waals surface area (Å²) in [5, 5.41) is 20.8. The summed E-state index contributed by atoms with van der Waals surface area (Å²) in [6, 6.07) is 1.58. The highest BCUT2D eigenvalue weighted by molar-refractivity contribution is 7.99. The Kier molecular flexibility index (Phi) is 7.23. The van der Waals surface area contributed by atoms with Gasteiger partial charge in [-0.3, -0.25) is 0 Å². The van der Waals surface area contributed by atoms with E-state index in [2.05, 4.69) is 35.4 Å². The van der Waals surface area contributed by atoms with Gasteiger partial charge >= 0.3 is 0 Å². The SMILES string of the molecule is CCSc1nnc(CNc2ncc(C)cc2S(=O)(=O)NCCc2nnc(N)s2)n1C. The van der Waals surface area contributed by atoms with Crippen molar-refractivity contribution < 1.29 is 8.42 Å². The maximum absolute atomic E-state index is 12.9. The number of anilines is 2. The zero-order valence-electron chi connectivity index (χ0n) is 16.8. The Balaban J connectivity index is 1.72. The van der Waals surface area contributed by atoms with Crippen molar-refractivity contribution in [3.8, 4) is 0 Å². The largest absolute Gasteiger partial charge is 0.374 e. The lowest BCUT2D eigenvalue weighted by molar-refractivity contribution is 0.581. The molecular weight excluding hydrogens is 446 g/mol. The van der Waals surface area contributed by atoms with Crippen LogP contribution in [0.5, 0.6) is 0 Å². The highest BCUT2D eigenvalue weighted by Gasteiger charge is 2.21. The lowest BCUT2D eigenvalue weighted by Gasteiger charge is -2.13. The summed E-state index contributed by atoms with van der Waals surface area (Å²) < 4.78 is 30.2. The van der Waals surface area contributed by atoms with Gasteiger partial charge in [0.25, 0.3) is 0 Å². The minimum absolute atomic E-state index is 0.0737. The van der Waals surface area contributed by atoms with Gasteiger partial charge in [-0.15, -0.1) is 20.4 Å². The van der Waals surface area contributed by atoms with Gasteiger partial charge in [-0.1, -0.05) is 30.0 Å². The first-order valence-electron chi connectivity index (χ1n) is 9.09. The Morgan fingerprint density at radius 2 is 2.07 bits per heavy atom. The average molecular weight is 470 g/mol. The molecule has 0 aliphatic rings. The fraction of sp³-hybridized carbons (Fsp3) is 0.438. The van der Waals surface area contributed by atoms with Crippen LogP contribution in [-0.4, -0.2) is 50.7 Å². The predicted octanol–water partition coefficient (Wildman–Crippen LogP) is 1.20. The average Bonchev–Trinajstić information content (AvgIpc) is 3.27. The third-order valence-corrected chi connectivity index (χ3v) is 7.19. The van der Waals surface area contributed by atoms with Crippen LogP contribution in [0.4, 0.5) is 10.9 Å². The first-order chi connectivity index (χ1) is 14.3. The van der Waals surface area contributed by atoms with E-state index in [0.29, 0.717) is 22.4 Å². The molecule has 0 aromatic carbocycles. The Morgan fingerprint density at radius 1 is 1.27 bits per heavy atom.